The maximum atomic E-state index is 11.7. The zero-order chi connectivity index (χ0) is 15.0. The number of nitrogens with one attached hydrogen (secondary N) is 3. The fraction of sp³-hybridized carbons (Fsp3) is 0.308. The molecule has 0 fully saturated rings. The Morgan fingerprint density at radius 3 is 2.70 bits per heavy atom. The summed E-state index contributed by atoms with van der Waals surface area (Å²) in [6.45, 7) is 2.55. The van der Waals surface area contributed by atoms with Crippen molar-refractivity contribution in [1.82, 2.24) is 10.6 Å². The van der Waals surface area contributed by atoms with Crippen LogP contribution < -0.4 is 16.0 Å². The minimum Gasteiger partial charge on any atom is -0.359 e. The first-order valence-corrected chi connectivity index (χ1v) is 6.44. The van der Waals surface area contributed by atoms with Crippen molar-refractivity contribution in [2.45, 2.75) is 13.3 Å². The predicted octanol–water partition coefficient (Wildman–Crippen LogP) is 0.839. The Bertz CT molecular complexity index is 506. The molecule has 0 aliphatic carbocycles. The number of halogens is 1. The van der Waals surface area contributed by atoms with Gasteiger partial charge in [-0.05, 0) is 31.0 Å². The van der Waals surface area contributed by atoms with Crippen LogP contribution in [0.3, 0.4) is 0 Å². The van der Waals surface area contributed by atoms with Crippen LogP contribution in [0.25, 0.3) is 0 Å². The van der Waals surface area contributed by atoms with Crippen LogP contribution in [0.15, 0.2) is 18.2 Å². The van der Waals surface area contributed by atoms with Gasteiger partial charge >= 0.3 is 11.8 Å². The lowest BCUT2D eigenvalue weighted by molar-refractivity contribution is -0.136. The van der Waals surface area contributed by atoms with Crippen LogP contribution in [-0.2, 0) is 14.4 Å². The Kier molecular flexibility index (Phi) is 6.52. The highest BCUT2D eigenvalue weighted by Gasteiger charge is 2.14. The van der Waals surface area contributed by atoms with Gasteiger partial charge in [-0.15, -0.1) is 0 Å². The second-order valence-corrected chi connectivity index (χ2v) is 4.53. The van der Waals surface area contributed by atoms with Gasteiger partial charge in [-0.2, -0.15) is 0 Å². The number of hydrogen-bond acceptors (Lipinski definition) is 3. The van der Waals surface area contributed by atoms with E-state index in [1.54, 1.807) is 25.1 Å². The van der Waals surface area contributed by atoms with Gasteiger partial charge in [0.15, 0.2) is 0 Å². The molecule has 3 N–H and O–H groups in total. The molecule has 0 unspecified atom stereocenters. The van der Waals surface area contributed by atoms with E-state index in [9.17, 15) is 14.4 Å². The molecule has 0 radical (unpaired) electrons. The molecule has 0 heterocycles. The van der Waals surface area contributed by atoms with Crippen LogP contribution in [-0.4, -0.2) is 31.3 Å². The maximum absolute atomic E-state index is 11.7. The van der Waals surface area contributed by atoms with E-state index < -0.39 is 11.8 Å². The Morgan fingerprint density at radius 1 is 1.25 bits per heavy atom. The smallest absolute Gasteiger partial charge is 0.313 e. The quantitative estimate of drug-likeness (QED) is 0.413. The Labute approximate surface area is 121 Å². The topological polar surface area (TPSA) is 87.3 Å². The molecule has 1 rings (SSSR count). The van der Waals surface area contributed by atoms with E-state index in [-0.39, 0.29) is 0 Å². The lowest BCUT2D eigenvalue weighted by Crippen LogP contribution is -2.36. The van der Waals surface area contributed by atoms with Crippen molar-refractivity contribution in [3.63, 3.8) is 0 Å². The minimum absolute atomic E-state index is 0.307. The number of aryl methyl sites for hydroxylation is 1. The number of amides is 3. The highest BCUT2D eigenvalue weighted by atomic mass is 35.5. The van der Waals surface area contributed by atoms with Crippen molar-refractivity contribution in [3.05, 3.63) is 28.8 Å². The molecule has 1 aromatic rings. The zero-order valence-corrected chi connectivity index (χ0v) is 11.8. The number of carbonyl (C=O) groups excluding carboxylic acids is 3. The Balaban J connectivity index is 2.43. The van der Waals surface area contributed by atoms with Gasteiger partial charge in [0.1, 0.15) is 0 Å². The summed E-state index contributed by atoms with van der Waals surface area (Å²) in [4.78, 5) is 33.2. The van der Waals surface area contributed by atoms with E-state index in [1.807, 2.05) is 0 Å². The van der Waals surface area contributed by atoms with Gasteiger partial charge in [-0.3, -0.25) is 14.4 Å². The molecule has 0 bridgehead atoms. The monoisotopic (exact) mass is 297 g/mol. The molecule has 0 saturated carbocycles. The molecular formula is C13H16ClN3O3. The Hall–Kier alpha value is -2.08. The van der Waals surface area contributed by atoms with Crippen molar-refractivity contribution in [2.24, 2.45) is 0 Å². The molecular weight excluding hydrogens is 282 g/mol. The molecule has 0 saturated heterocycles. The van der Waals surface area contributed by atoms with Crippen molar-refractivity contribution in [3.8, 4) is 0 Å². The van der Waals surface area contributed by atoms with Crippen molar-refractivity contribution < 1.29 is 14.4 Å². The number of carbonyl (C=O) groups is 3. The summed E-state index contributed by atoms with van der Waals surface area (Å²) in [5, 5.41) is 7.89. The van der Waals surface area contributed by atoms with Gasteiger partial charge in [0.25, 0.3) is 0 Å². The second kappa shape index (κ2) is 8.16. The van der Waals surface area contributed by atoms with Gasteiger partial charge in [0.2, 0.25) is 6.41 Å². The number of anilines is 1. The van der Waals surface area contributed by atoms with Crippen molar-refractivity contribution in [1.29, 1.82) is 0 Å². The standard InChI is InChI=1S/C13H16ClN3O3/c1-9-3-4-10(14)7-11(9)17-13(20)12(19)16-6-2-5-15-8-18/h3-4,7-8H,2,5-6H2,1H3,(H,15,18)(H,16,19)(H,17,20). The van der Waals surface area contributed by atoms with Crippen molar-refractivity contribution in [2.75, 3.05) is 18.4 Å². The molecule has 6 nitrogen and oxygen atoms in total. The first kappa shape index (κ1) is 16.0. The van der Waals surface area contributed by atoms with Crippen LogP contribution in [0.5, 0.6) is 0 Å². The first-order chi connectivity index (χ1) is 9.54. The van der Waals surface area contributed by atoms with Gasteiger partial charge in [0, 0.05) is 23.8 Å². The molecule has 0 spiro atoms. The van der Waals surface area contributed by atoms with Crippen LogP contribution >= 0.6 is 11.6 Å². The second-order valence-electron chi connectivity index (χ2n) is 4.09. The average Bonchev–Trinajstić information content (AvgIpc) is 2.42. The van der Waals surface area contributed by atoms with E-state index in [1.165, 1.54) is 0 Å². The summed E-state index contributed by atoms with van der Waals surface area (Å²) < 4.78 is 0. The van der Waals surface area contributed by atoms with E-state index in [0.717, 1.165) is 5.56 Å². The van der Waals surface area contributed by atoms with Gasteiger partial charge < -0.3 is 16.0 Å². The molecule has 7 heteroatoms. The van der Waals surface area contributed by atoms with Gasteiger partial charge in [-0.1, -0.05) is 17.7 Å². The molecule has 0 aliphatic heterocycles. The van der Waals surface area contributed by atoms with Gasteiger partial charge in [-0.25, -0.2) is 0 Å². The molecule has 108 valence electrons. The summed E-state index contributed by atoms with van der Waals surface area (Å²) in [7, 11) is 0. The number of rotatable bonds is 6. The van der Waals surface area contributed by atoms with E-state index in [0.29, 0.717) is 36.6 Å². The molecule has 0 aromatic heterocycles. The molecule has 20 heavy (non-hydrogen) atoms. The fourth-order valence-corrected chi connectivity index (χ4v) is 1.61. The number of benzene rings is 1. The largest absolute Gasteiger partial charge is 0.359 e. The van der Waals surface area contributed by atoms with E-state index in [2.05, 4.69) is 16.0 Å². The van der Waals surface area contributed by atoms with Crippen LogP contribution in [0.1, 0.15) is 12.0 Å². The minimum atomic E-state index is -0.751. The van der Waals surface area contributed by atoms with Gasteiger partial charge in [0.05, 0.1) is 0 Å². The summed E-state index contributed by atoms with van der Waals surface area (Å²) in [6.07, 6.45) is 1.13. The molecule has 0 aliphatic rings. The Morgan fingerprint density at radius 2 is 2.00 bits per heavy atom. The summed E-state index contributed by atoms with van der Waals surface area (Å²) in [6, 6.07) is 5.03. The third-order valence-electron chi connectivity index (χ3n) is 2.52. The van der Waals surface area contributed by atoms with Crippen LogP contribution in [0.2, 0.25) is 5.02 Å². The van der Waals surface area contributed by atoms with E-state index >= 15 is 0 Å². The summed E-state index contributed by atoms with van der Waals surface area (Å²) in [5.74, 6) is -1.48. The third kappa shape index (κ3) is 5.27. The summed E-state index contributed by atoms with van der Waals surface area (Å²) >= 11 is 5.82. The lowest BCUT2D eigenvalue weighted by Gasteiger charge is -2.09. The zero-order valence-electron chi connectivity index (χ0n) is 11.0. The SMILES string of the molecule is Cc1ccc(Cl)cc1NC(=O)C(=O)NCCCNC=O. The summed E-state index contributed by atoms with van der Waals surface area (Å²) in [5.41, 5.74) is 1.31. The molecule has 1 aromatic carbocycles. The van der Waals surface area contributed by atoms with E-state index in [4.69, 9.17) is 11.6 Å². The third-order valence-corrected chi connectivity index (χ3v) is 2.76. The molecule has 0 atom stereocenters. The van der Waals surface area contributed by atoms with Crippen LogP contribution in [0.4, 0.5) is 5.69 Å². The van der Waals surface area contributed by atoms with Crippen LogP contribution in [0, 0.1) is 6.92 Å². The fourth-order valence-electron chi connectivity index (χ4n) is 1.44. The maximum Gasteiger partial charge on any atom is 0.313 e. The number of hydrogen-bond donors (Lipinski definition) is 3. The first-order valence-electron chi connectivity index (χ1n) is 6.07. The highest BCUT2D eigenvalue weighted by molar-refractivity contribution is 6.40. The normalized spacial score (nSPS) is 9.70. The lowest BCUT2D eigenvalue weighted by atomic mass is 10.2. The highest BCUT2D eigenvalue weighted by Crippen LogP contribution is 2.19. The average molecular weight is 298 g/mol. The molecule has 3 amide bonds. The van der Waals surface area contributed by atoms with Crippen molar-refractivity contribution >= 4 is 35.5 Å². The predicted molar refractivity (Wildman–Crippen MR) is 76.5 cm³/mol.